The van der Waals surface area contributed by atoms with E-state index in [0.717, 1.165) is 38.5 Å². The van der Waals surface area contributed by atoms with Crippen molar-refractivity contribution in [3.8, 4) is 0 Å². The minimum absolute atomic E-state index is 0.140. The predicted molar refractivity (Wildman–Crippen MR) is 67.4 cm³/mol. The number of hydrogen-bond donors (Lipinski definition) is 3. The van der Waals surface area contributed by atoms with E-state index in [-0.39, 0.29) is 11.6 Å². The number of carbonyl (C=O) groups is 2. The Balaban J connectivity index is 1.96. The Morgan fingerprint density at radius 3 is 2.00 bits per heavy atom. The Bertz CT molecular complexity index is 344. The number of urea groups is 1. The Labute approximate surface area is 107 Å². The Kier molecular flexibility index (Phi) is 3.50. The molecule has 0 aliphatic heterocycles. The van der Waals surface area contributed by atoms with Gasteiger partial charge in [-0.3, -0.25) is 0 Å². The summed E-state index contributed by atoms with van der Waals surface area (Å²) in [6.07, 6.45) is 6.92. The number of nitrogens with one attached hydrogen (secondary N) is 2. The quantitative estimate of drug-likeness (QED) is 0.721. The molecule has 0 spiro atoms. The molecule has 2 aliphatic rings. The van der Waals surface area contributed by atoms with E-state index < -0.39 is 11.5 Å². The minimum Gasteiger partial charge on any atom is -0.480 e. The molecule has 0 aromatic carbocycles. The first kappa shape index (κ1) is 13.2. The van der Waals surface area contributed by atoms with Crippen LogP contribution in [0.1, 0.15) is 58.3 Å². The van der Waals surface area contributed by atoms with Crippen molar-refractivity contribution in [1.29, 1.82) is 0 Å². The lowest BCUT2D eigenvalue weighted by Gasteiger charge is -2.41. The number of carbonyl (C=O) groups excluding carboxylic acids is 1. The summed E-state index contributed by atoms with van der Waals surface area (Å²) in [5.74, 6) is -0.906. The van der Waals surface area contributed by atoms with Gasteiger partial charge in [0.15, 0.2) is 0 Å². The molecule has 18 heavy (non-hydrogen) atoms. The van der Waals surface area contributed by atoms with Gasteiger partial charge in [0.25, 0.3) is 0 Å². The van der Waals surface area contributed by atoms with E-state index in [1.54, 1.807) is 0 Å². The van der Waals surface area contributed by atoms with Crippen LogP contribution < -0.4 is 10.6 Å². The molecular formula is C13H22N2O3. The number of hydrogen-bond acceptors (Lipinski definition) is 2. The van der Waals surface area contributed by atoms with Crippen LogP contribution >= 0.6 is 0 Å². The van der Waals surface area contributed by atoms with Crippen molar-refractivity contribution >= 4 is 12.0 Å². The molecular weight excluding hydrogens is 232 g/mol. The van der Waals surface area contributed by atoms with E-state index >= 15 is 0 Å². The van der Waals surface area contributed by atoms with Crippen molar-refractivity contribution in [3.63, 3.8) is 0 Å². The van der Waals surface area contributed by atoms with Gasteiger partial charge in [0.05, 0.1) is 0 Å². The Morgan fingerprint density at radius 2 is 1.56 bits per heavy atom. The van der Waals surface area contributed by atoms with Crippen LogP contribution in [0.15, 0.2) is 0 Å². The molecule has 2 aliphatic carbocycles. The van der Waals surface area contributed by atoms with Gasteiger partial charge in [-0.1, -0.05) is 19.3 Å². The minimum atomic E-state index is -1.05. The molecule has 2 fully saturated rings. The van der Waals surface area contributed by atoms with Crippen molar-refractivity contribution < 1.29 is 14.7 Å². The molecule has 2 amide bonds. The van der Waals surface area contributed by atoms with Crippen molar-refractivity contribution in [2.75, 3.05) is 0 Å². The molecule has 0 radical (unpaired) electrons. The largest absolute Gasteiger partial charge is 0.480 e. The average molecular weight is 254 g/mol. The lowest BCUT2D eigenvalue weighted by molar-refractivity contribution is -0.145. The third kappa shape index (κ3) is 2.60. The topological polar surface area (TPSA) is 78.4 Å². The maximum absolute atomic E-state index is 11.9. The van der Waals surface area contributed by atoms with Crippen LogP contribution in [0.5, 0.6) is 0 Å². The fraction of sp³-hybridized carbons (Fsp3) is 0.846. The molecule has 0 unspecified atom stereocenters. The molecule has 0 atom stereocenters. The van der Waals surface area contributed by atoms with E-state index in [0.29, 0.717) is 12.8 Å². The highest BCUT2D eigenvalue weighted by molar-refractivity contribution is 5.86. The Hall–Kier alpha value is -1.26. The second-order valence-electron chi connectivity index (χ2n) is 5.94. The number of aliphatic carboxylic acids is 1. The smallest absolute Gasteiger partial charge is 0.329 e. The maximum Gasteiger partial charge on any atom is 0.329 e. The lowest BCUT2D eigenvalue weighted by atomic mass is 9.78. The molecule has 3 N–H and O–H groups in total. The molecule has 0 bridgehead atoms. The summed E-state index contributed by atoms with van der Waals surface area (Å²) in [6, 6.07) is -0.332. The number of carboxylic acid groups (broad SMARTS) is 1. The van der Waals surface area contributed by atoms with Crippen LogP contribution in [0, 0.1) is 0 Å². The first-order chi connectivity index (χ1) is 8.46. The third-order valence-electron chi connectivity index (χ3n) is 4.34. The highest BCUT2D eigenvalue weighted by Crippen LogP contribution is 2.32. The lowest BCUT2D eigenvalue weighted by Crippen LogP contribution is -2.62. The van der Waals surface area contributed by atoms with Gasteiger partial charge in [-0.15, -0.1) is 0 Å². The van der Waals surface area contributed by atoms with E-state index in [1.807, 2.05) is 6.92 Å². The van der Waals surface area contributed by atoms with Crippen molar-refractivity contribution in [3.05, 3.63) is 0 Å². The zero-order chi connectivity index (χ0) is 13.2. The molecule has 5 nitrogen and oxygen atoms in total. The van der Waals surface area contributed by atoms with Crippen LogP contribution in [-0.4, -0.2) is 28.2 Å². The number of carboxylic acids is 1. The predicted octanol–water partition coefficient (Wildman–Crippen LogP) is 2.02. The van der Waals surface area contributed by atoms with E-state index in [4.69, 9.17) is 0 Å². The average Bonchev–Trinajstić information content (AvgIpc) is 2.27. The molecule has 0 saturated heterocycles. The van der Waals surface area contributed by atoms with Gasteiger partial charge in [-0.25, -0.2) is 9.59 Å². The molecule has 0 heterocycles. The molecule has 0 aromatic rings. The number of rotatable bonds is 3. The van der Waals surface area contributed by atoms with Gasteiger partial charge < -0.3 is 15.7 Å². The second-order valence-corrected chi connectivity index (χ2v) is 5.94. The van der Waals surface area contributed by atoms with Crippen LogP contribution in [0.2, 0.25) is 0 Å². The standard InChI is InChI=1S/C13H22N2O3/c1-12(6-5-7-12)14-11(18)15-13(10(16)17)8-3-2-4-9-13/h2-9H2,1H3,(H,16,17)(H2,14,15,18). The summed E-state index contributed by atoms with van der Waals surface area (Å²) < 4.78 is 0. The monoisotopic (exact) mass is 254 g/mol. The van der Waals surface area contributed by atoms with Gasteiger partial charge in [0.2, 0.25) is 0 Å². The molecule has 2 rings (SSSR count). The summed E-state index contributed by atoms with van der Waals surface area (Å²) in [4.78, 5) is 23.4. The van der Waals surface area contributed by atoms with Gasteiger partial charge in [-0.2, -0.15) is 0 Å². The van der Waals surface area contributed by atoms with E-state index in [2.05, 4.69) is 10.6 Å². The van der Waals surface area contributed by atoms with E-state index in [9.17, 15) is 14.7 Å². The van der Waals surface area contributed by atoms with Crippen LogP contribution in [0.3, 0.4) is 0 Å². The van der Waals surface area contributed by atoms with Gasteiger partial charge >= 0.3 is 12.0 Å². The third-order valence-corrected chi connectivity index (χ3v) is 4.34. The zero-order valence-corrected chi connectivity index (χ0v) is 10.9. The molecule has 2 saturated carbocycles. The normalized spacial score (nSPS) is 24.7. The molecule has 0 aromatic heterocycles. The molecule has 5 heteroatoms. The Morgan fingerprint density at radius 1 is 0.944 bits per heavy atom. The number of amides is 2. The van der Waals surface area contributed by atoms with E-state index in [1.165, 1.54) is 0 Å². The second kappa shape index (κ2) is 4.78. The van der Waals surface area contributed by atoms with Gasteiger partial charge in [-0.05, 0) is 39.0 Å². The summed E-state index contributed by atoms with van der Waals surface area (Å²) in [5, 5.41) is 15.0. The SMILES string of the molecule is CC1(NC(=O)NC2(C(=O)O)CCCCC2)CCC1. The first-order valence-corrected chi connectivity index (χ1v) is 6.80. The zero-order valence-electron chi connectivity index (χ0n) is 10.9. The van der Waals surface area contributed by atoms with Crippen molar-refractivity contribution in [1.82, 2.24) is 10.6 Å². The van der Waals surface area contributed by atoms with Crippen molar-refractivity contribution in [2.45, 2.75) is 69.4 Å². The maximum atomic E-state index is 11.9. The van der Waals surface area contributed by atoms with Crippen LogP contribution in [0.25, 0.3) is 0 Å². The van der Waals surface area contributed by atoms with Crippen LogP contribution in [-0.2, 0) is 4.79 Å². The fourth-order valence-electron chi connectivity index (χ4n) is 2.90. The van der Waals surface area contributed by atoms with Gasteiger partial charge in [0, 0.05) is 5.54 Å². The fourth-order valence-corrected chi connectivity index (χ4v) is 2.90. The highest BCUT2D eigenvalue weighted by atomic mass is 16.4. The van der Waals surface area contributed by atoms with Crippen LogP contribution in [0.4, 0.5) is 4.79 Å². The van der Waals surface area contributed by atoms with Crippen molar-refractivity contribution in [2.24, 2.45) is 0 Å². The summed E-state index contributed by atoms with van der Waals surface area (Å²) in [5.41, 5.74) is -1.19. The summed E-state index contributed by atoms with van der Waals surface area (Å²) in [6.45, 7) is 2.00. The van der Waals surface area contributed by atoms with Gasteiger partial charge in [0.1, 0.15) is 5.54 Å². The summed E-state index contributed by atoms with van der Waals surface area (Å²) in [7, 11) is 0. The summed E-state index contributed by atoms with van der Waals surface area (Å²) >= 11 is 0. The molecule has 102 valence electrons. The first-order valence-electron chi connectivity index (χ1n) is 6.80. The highest BCUT2D eigenvalue weighted by Gasteiger charge is 2.42.